The minimum Gasteiger partial charge on any atom is -0.505 e. The number of nitrogens with one attached hydrogen (secondary N) is 1. The van der Waals surface area contributed by atoms with Crippen LogP contribution in [0.3, 0.4) is 0 Å². The number of benzene rings is 1. The van der Waals surface area contributed by atoms with Crippen molar-refractivity contribution in [3.8, 4) is 5.75 Å². The number of nitrogens with zero attached hydrogens (tertiary/aromatic N) is 2. The molecule has 6 nitrogen and oxygen atoms in total. The molecule has 0 aromatic heterocycles. The van der Waals surface area contributed by atoms with Gasteiger partial charge in [-0.15, -0.1) is 24.8 Å². The van der Waals surface area contributed by atoms with Crippen LogP contribution in [0.15, 0.2) is 12.1 Å². The lowest BCUT2D eigenvalue weighted by atomic mass is 9.80. The van der Waals surface area contributed by atoms with E-state index in [4.69, 9.17) is 0 Å². The molecule has 9 heteroatoms. The van der Waals surface area contributed by atoms with E-state index in [-0.39, 0.29) is 47.5 Å². The van der Waals surface area contributed by atoms with Crippen molar-refractivity contribution < 1.29 is 14.4 Å². The molecule has 1 aromatic carbocycles. The summed E-state index contributed by atoms with van der Waals surface area (Å²) in [6.45, 7) is 9.02. The van der Waals surface area contributed by atoms with E-state index in [1.807, 2.05) is 20.8 Å². The zero-order valence-electron chi connectivity index (χ0n) is 13.9. The van der Waals surface area contributed by atoms with Gasteiger partial charge in [0.25, 0.3) is 5.69 Å². The van der Waals surface area contributed by atoms with Crippen LogP contribution >= 0.6 is 24.8 Å². The third-order valence-electron chi connectivity index (χ3n) is 3.92. The lowest BCUT2D eigenvalue weighted by Gasteiger charge is -2.42. The molecular weight excluding hydrogens is 360 g/mol. The molecule has 0 spiro atoms. The minimum atomic E-state index is -0.950. The smallest absolute Gasteiger partial charge is 0.272 e. The topological polar surface area (TPSA) is 78.6 Å². The summed E-state index contributed by atoms with van der Waals surface area (Å²) in [4.78, 5) is 12.5. The average Bonchev–Trinajstić information content (AvgIpc) is 2.43. The number of phenols is 1. The highest BCUT2D eigenvalue weighted by atomic mass is 35.5. The number of nitro groups is 1. The zero-order chi connectivity index (χ0) is 16.5. The van der Waals surface area contributed by atoms with Crippen molar-refractivity contribution >= 4 is 30.5 Å². The summed E-state index contributed by atoms with van der Waals surface area (Å²) in [6.07, 6.45) is 0. The molecule has 2 N–H and O–H groups in total. The van der Waals surface area contributed by atoms with Crippen LogP contribution in [-0.4, -0.2) is 41.1 Å². The first-order valence-electron chi connectivity index (χ1n) is 7.33. The highest BCUT2D eigenvalue weighted by Gasteiger charge is 2.36. The second-order valence-corrected chi connectivity index (χ2v) is 6.68. The van der Waals surface area contributed by atoms with Gasteiger partial charge < -0.3 is 10.4 Å². The number of nitro benzene ring substituents is 1. The number of phenolic OH excluding ortho intramolecular Hbond substituents is 1. The molecule has 0 unspecified atom stereocenters. The first-order valence-corrected chi connectivity index (χ1v) is 7.33. The van der Waals surface area contributed by atoms with E-state index >= 15 is 0 Å². The number of hydrogen-bond acceptors (Lipinski definition) is 5. The van der Waals surface area contributed by atoms with Gasteiger partial charge >= 0.3 is 0 Å². The molecule has 0 bridgehead atoms. The van der Waals surface area contributed by atoms with E-state index in [0.29, 0.717) is 0 Å². The van der Waals surface area contributed by atoms with Gasteiger partial charge in [0, 0.05) is 43.9 Å². The Hall–Kier alpha value is -1.15. The van der Waals surface area contributed by atoms with Crippen LogP contribution in [0, 0.1) is 21.3 Å². The van der Waals surface area contributed by atoms with Gasteiger partial charge in [0.1, 0.15) is 0 Å². The van der Waals surface area contributed by atoms with Crippen molar-refractivity contribution in [3.63, 3.8) is 0 Å². The van der Waals surface area contributed by atoms with E-state index in [1.165, 1.54) is 6.07 Å². The molecule has 1 atom stereocenters. The quantitative estimate of drug-likeness (QED) is 0.618. The van der Waals surface area contributed by atoms with E-state index < -0.39 is 16.5 Å². The largest absolute Gasteiger partial charge is 0.505 e. The second-order valence-electron chi connectivity index (χ2n) is 6.68. The second kappa shape index (κ2) is 8.80. The van der Waals surface area contributed by atoms with Crippen molar-refractivity contribution in [2.75, 3.05) is 26.2 Å². The van der Waals surface area contributed by atoms with Gasteiger partial charge in [-0.3, -0.25) is 15.0 Å². The summed E-state index contributed by atoms with van der Waals surface area (Å²) >= 11 is 0. The molecule has 1 aliphatic rings. The summed E-state index contributed by atoms with van der Waals surface area (Å²) in [5, 5.41) is 24.4. The lowest BCUT2D eigenvalue weighted by Crippen LogP contribution is -2.48. The molecule has 1 aromatic rings. The Morgan fingerprint density at radius 2 is 1.83 bits per heavy atom. The van der Waals surface area contributed by atoms with E-state index in [0.717, 1.165) is 32.2 Å². The third kappa shape index (κ3) is 4.92. The normalized spacial score (nSPS) is 16.7. The number of hydrogen-bond donors (Lipinski definition) is 2. The molecular formula is C15H24Cl2FN3O3. The first kappa shape index (κ1) is 22.9. The molecule has 1 fully saturated rings. The van der Waals surface area contributed by atoms with Crippen molar-refractivity contribution in [1.29, 1.82) is 0 Å². The number of rotatable bonds is 3. The molecule has 0 aliphatic carbocycles. The summed E-state index contributed by atoms with van der Waals surface area (Å²) in [7, 11) is 0. The molecule has 0 radical (unpaired) electrons. The van der Waals surface area contributed by atoms with Gasteiger partial charge in [0.15, 0.2) is 11.6 Å². The fraction of sp³-hybridized carbons (Fsp3) is 0.600. The van der Waals surface area contributed by atoms with Crippen LogP contribution in [-0.2, 0) is 0 Å². The van der Waals surface area contributed by atoms with Crippen molar-refractivity contribution in [2.45, 2.75) is 26.8 Å². The van der Waals surface area contributed by atoms with Gasteiger partial charge in [-0.25, -0.2) is 4.39 Å². The highest BCUT2D eigenvalue weighted by Crippen LogP contribution is 2.43. The minimum absolute atomic E-state index is 0. The summed E-state index contributed by atoms with van der Waals surface area (Å²) in [5.74, 6) is -1.45. The van der Waals surface area contributed by atoms with Gasteiger partial charge in [0.05, 0.1) is 11.0 Å². The summed E-state index contributed by atoms with van der Waals surface area (Å²) in [6, 6.07) is 1.75. The van der Waals surface area contributed by atoms with E-state index in [2.05, 4.69) is 10.2 Å². The standard InChI is InChI=1S/C15H22FN3O3.2ClH/c1-15(2,3)14(18-6-4-17-5-7-18)11-8-10(19(21)22)9-12(16)13(11)20;;/h8-9,14,17,20H,4-7H2,1-3H3;2*1H/t14-;;/m0../s1. The molecule has 138 valence electrons. The monoisotopic (exact) mass is 383 g/mol. The Kier molecular flexibility index (Phi) is 8.38. The molecule has 0 amide bonds. The maximum Gasteiger partial charge on any atom is 0.272 e. The maximum atomic E-state index is 13.9. The van der Waals surface area contributed by atoms with Crippen molar-refractivity contribution in [3.05, 3.63) is 33.6 Å². The van der Waals surface area contributed by atoms with Crippen molar-refractivity contribution in [1.82, 2.24) is 10.2 Å². The van der Waals surface area contributed by atoms with E-state index in [9.17, 15) is 19.6 Å². The molecule has 24 heavy (non-hydrogen) atoms. The lowest BCUT2D eigenvalue weighted by molar-refractivity contribution is -0.385. The Labute approximate surface area is 153 Å². The Balaban J connectivity index is 0.00000264. The number of aromatic hydroxyl groups is 1. The molecule has 2 rings (SSSR count). The maximum absolute atomic E-state index is 13.9. The van der Waals surface area contributed by atoms with E-state index in [1.54, 1.807) is 0 Å². The Morgan fingerprint density at radius 1 is 1.29 bits per heavy atom. The molecule has 1 saturated heterocycles. The predicted octanol–water partition coefficient (Wildman–Crippen LogP) is 3.28. The van der Waals surface area contributed by atoms with Crippen molar-refractivity contribution in [2.24, 2.45) is 5.41 Å². The first-order chi connectivity index (χ1) is 10.2. The number of halogens is 3. The molecule has 1 aliphatic heterocycles. The predicted molar refractivity (Wildman–Crippen MR) is 95.9 cm³/mol. The SMILES string of the molecule is CC(C)(C)[C@H](c1cc([N+](=O)[O-])cc(F)c1O)N1CCNCC1.Cl.Cl. The zero-order valence-corrected chi connectivity index (χ0v) is 15.5. The van der Waals surface area contributed by atoms with Gasteiger partial charge in [-0.05, 0) is 5.41 Å². The third-order valence-corrected chi connectivity index (χ3v) is 3.92. The van der Waals surface area contributed by atoms with Crippen LogP contribution in [0.2, 0.25) is 0 Å². The number of non-ortho nitro benzene ring substituents is 1. The average molecular weight is 384 g/mol. The van der Waals surface area contributed by atoms with Gasteiger partial charge in [-0.1, -0.05) is 20.8 Å². The van der Waals surface area contributed by atoms with Crippen LogP contribution < -0.4 is 5.32 Å². The fourth-order valence-electron chi connectivity index (χ4n) is 3.07. The fourth-order valence-corrected chi connectivity index (χ4v) is 3.07. The highest BCUT2D eigenvalue weighted by molar-refractivity contribution is 5.85. The van der Waals surface area contributed by atoms with Crippen LogP contribution in [0.25, 0.3) is 0 Å². The van der Waals surface area contributed by atoms with Crippen LogP contribution in [0.5, 0.6) is 5.75 Å². The molecule has 1 heterocycles. The van der Waals surface area contributed by atoms with Crippen LogP contribution in [0.1, 0.15) is 32.4 Å². The Morgan fingerprint density at radius 3 is 2.29 bits per heavy atom. The van der Waals surface area contributed by atoms with Crippen LogP contribution in [0.4, 0.5) is 10.1 Å². The Bertz CT molecular complexity index is 576. The number of piperazine rings is 1. The molecule has 0 saturated carbocycles. The van der Waals surface area contributed by atoms with Gasteiger partial charge in [-0.2, -0.15) is 0 Å². The summed E-state index contributed by atoms with van der Waals surface area (Å²) in [5.41, 5.74) is -0.369. The van der Waals surface area contributed by atoms with Gasteiger partial charge in [0.2, 0.25) is 0 Å². The summed E-state index contributed by atoms with van der Waals surface area (Å²) < 4.78 is 13.9.